The van der Waals surface area contributed by atoms with E-state index in [9.17, 15) is 19.5 Å². The van der Waals surface area contributed by atoms with Crippen molar-refractivity contribution in [3.8, 4) is 0 Å². The number of hydrogen-bond donors (Lipinski definition) is 4. The number of rotatable bonds is 4. The van der Waals surface area contributed by atoms with E-state index in [1.54, 1.807) is 30.3 Å². The molecule has 2 aromatic rings. The number of carboxylic acids is 1. The Kier molecular flexibility index (Phi) is 9.62. The van der Waals surface area contributed by atoms with Gasteiger partial charge in [0.1, 0.15) is 6.04 Å². The second kappa shape index (κ2) is 11.2. The summed E-state index contributed by atoms with van der Waals surface area (Å²) in [6.07, 6.45) is 1.41. The first-order valence-corrected chi connectivity index (χ1v) is 9.36. The Morgan fingerprint density at radius 2 is 1.68 bits per heavy atom. The molecule has 2 aromatic carbocycles. The number of carboxylic acid groups (broad SMARTS) is 1. The van der Waals surface area contributed by atoms with Crippen molar-refractivity contribution in [1.29, 1.82) is 0 Å². The summed E-state index contributed by atoms with van der Waals surface area (Å²) in [4.78, 5) is 35.1. The molecule has 2 amide bonds. The third-order valence-electron chi connectivity index (χ3n) is 4.21. The second-order valence-corrected chi connectivity index (χ2v) is 7.31. The van der Waals surface area contributed by atoms with Crippen molar-refractivity contribution < 1.29 is 25.0 Å². The van der Waals surface area contributed by atoms with E-state index in [1.807, 2.05) is 0 Å². The van der Waals surface area contributed by atoms with Gasteiger partial charge in [0.2, 0.25) is 11.8 Å². The molecule has 8 nitrogen and oxygen atoms in total. The van der Waals surface area contributed by atoms with Gasteiger partial charge in [-0.3, -0.25) is 9.59 Å². The summed E-state index contributed by atoms with van der Waals surface area (Å²) >= 11 is 12.3. The average molecular weight is 460 g/mol. The van der Waals surface area contributed by atoms with Crippen LogP contribution in [-0.2, 0) is 14.4 Å². The molecule has 0 saturated carbocycles. The first kappa shape index (κ1) is 26.6. The van der Waals surface area contributed by atoms with Gasteiger partial charge in [0.25, 0.3) is 0 Å². The van der Waals surface area contributed by atoms with Crippen molar-refractivity contribution in [1.82, 2.24) is 0 Å². The van der Waals surface area contributed by atoms with Crippen LogP contribution in [0.1, 0.15) is 18.9 Å². The summed E-state index contributed by atoms with van der Waals surface area (Å²) in [6.45, 7) is 1.40. The molecule has 1 atom stereocenters. The van der Waals surface area contributed by atoms with Gasteiger partial charge >= 0.3 is 24.8 Å². The fraction of sp³-hybridized carbons (Fsp3) is 0.150. The molecular weight excluding hydrogens is 440 g/mol. The molecule has 3 rings (SSSR count). The van der Waals surface area contributed by atoms with Crippen LogP contribution in [0.15, 0.2) is 42.5 Å². The zero-order valence-electron chi connectivity index (χ0n) is 15.8. The third kappa shape index (κ3) is 6.76. The van der Waals surface area contributed by atoms with Crippen LogP contribution >= 0.6 is 23.2 Å². The summed E-state index contributed by atoms with van der Waals surface area (Å²) < 4.78 is 0. The normalized spacial score (nSPS) is 15.5. The van der Waals surface area contributed by atoms with Gasteiger partial charge in [-0.1, -0.05) is 23.2 Å². The van der Waals surface area contributed by atoms with Crippen molar-refractivity contribution in [3.63, 3.8) is 0 Å². The van der Waals surface area contributed by atoms with E-state index < -0.39 is 17.9 Å². The Hall–Kier alpha value is -2.47. The predicted molar refractivity (Wildman–Crippen MR) is 124 cm³/mol. The predicted octanol–water partition coefficient (Wildman–Crippen LogP) is 2.77. The molecule has 6 N–H and O–H groups in total. The molecule has 1 aliphatic heterocycles. The quantitative estimate of drug-likeness (QED) is 0.411. The maximum absolute atomic E-state index is 12.5. The van der Waals surface area contributed by atoms with E-state index >= 15 is 0 Å². The monoisotopic (exact) mass is 459 g/mol. The number of hydrogen-bond acceptors (Lipinski definition) is 4. The Morgan fingerprint density at radius 1 is 1.10 bits per heavy atom. The van der Waals surface area contributed by atoms with Gasteiger partial charge < -0.3 is 26.5 Å². The van der Waals surface area contributed by atoms with E-state index in [1.165, 1.54) is 19.1 Å². The molecule has 31 heavy (non-hydrogen) atoms. The fourth-order valence-corrected chi connectivity index (χ4v) is 3.65. The molecule has 0 spiro atoms. The van der Waals surface area contributed by atoms with E-state index in [2.05, 4.69) is 16.0 Å². The van der Waals surface area contributed by atoms with Gasteiger partial charge in [0.05, 0.1) is 5.02 Å². The zero-order chi connectivity index (χ0) is 21.1. The van der Waals surface area contributed by atoms with Crippen LogP contribution in [0.2, 0.25) is 10.0 Å². The van der Waals surface area contributed by atoms with Crippen LogP contribution in [0.5, 0.6) is 0 Å². The van der Waals surface area contributed by atoms with Crippen molar-refractivity contribution in [2.24, 2.45) is 0 Å². The topological polar surface area (TPSA) is 139 Å². The number of benzene rings is 2. The molecule has 0 fully saturated rings. The van der Waals surface area contributed by atoms with Crippen LogP contribution in [0.25, 0.3) is 5.57 Å². The molecule has 0 radical (unpaired) electrons. The molecule has 160 valence electrons. The summed E-state index contributed by atoms with van der Waals surface area (Å²) in [7, 11) is 0. The van der Waals surface area contributed by atoms with Crippen LogP contribution in [0, 0.1) is 0 Å². The van der Waals surface area contributed by atoms with Gasteiger partial charge in [-0.15, -0.1) is 0 Å². The van der Waals surface area contributed by atoms with Crippen molar-refractivity contribution in [2.75, 3.05) is 16.0 Å². The first-order chi connectivity index (χ1) is 13.7. The molecule has 0 saturated heterocycles. The van der Waals surface area contributed by atoms with Gasteiger partial charge in [-0.2, -0.15) is 0 Å². The molecule has 1 unspecified atom stereocenters. The Balaban J connectivity index is 0.00000240. The standard InChI is InChI=1S/C20H17Cl2N3O4.Li.H2O.H/c1-10(26)23-13-2-4-14(5-3-13)24-18(27)7-11-6-17(20(28)29)25-16-9-12(21)8-15(22)19(11)16;;;/h2-5,7-9,17,25H,6H2,1H3,(H,23,26)(H,24,27)(H,28,29);;1H2;/b11-7+;;;. The van der Waals surface area contributed by atoms with Crippen molar-refractivity contribution in [3.05, 3.63) is 58.1 Å². The Bertz CT molecular complexity index is 1030. The van der Waals surface area contributed by atoms with Gasteiger partial charge in [-0.25, -0.2) is 4.79 Å². The Labute approximate surface area is 200 Å². The molecular formula is C20H20Cl2LiN3O5. The summed E-state index contributed by atoms with van der Waals surface area (Å²) in [5.41, 5.74) is 2.62. The van der Waals surface area contributed by atoms with E-state index in [0.717, 1.165) is 0 Å². The van der Waals surface area contributed by atoms with E-state index in [0.29, 0.717) is 38.2 Å². The SMILES string of the molecule is CC(=O)Nc1ccc(NC(=O)/C=C2\CC(C(=O)O)Nc3cc(Cl)cc(Cl)c32)cc1.O.[LiH]. The number of carbonyl (C=O) groups is 3. The number of nitrogens with one attached hydrogen (secondary N) is 3. The van der Waals surface area contributed by atoms with Crippen LogP contribution < -0.4 is 16.0 Å². The number of carbonyl (C=O) groups excluding carboxylic acids is 2. The summed E-state index contributed by atoms with van der Waals surface area (Å²) in [5.74, 6) is -1.68. The second-order valence-electron chi connectivity index (χ2n) is 6.47. The van der Waals surface area contributed by atoms with Crippen LogP contribution in [0.3, 0.4) is 0 Å². The number of anilines is 3. The molecule has 0 aliphatic carbocycles. The Morgan fingerprint density at radius 3 is 2.23 bits per heavy atom. The molecule has 1 heterocycles. The van der Waals surface area contributed by atoms with Gasteiger partial charge in [0, 0.05) is 47.1 Å². The number of aliphatic carboxylic acids is 1. The minimum atomic E-state index is -1.05. The molecule has 0 bridgehead atoms. The number of amides is 2. The minimum absolute atomic E-state index is 0. The zero-order valence-corrected chi connectivity index (χ0v) is 17.3. The van der Waals surface area contributed by atoms with Gasteiger partial charge in [0.15, 0.2) is 0 Å². The fourth-order valence-electron chi connectivity index (χ4n) is 3.03. The number of fused-ring (bicyclic) bond motifs is 1. The first-order valence-electron chi connectivity index (χ1n) is 8.61. The van der Waals surface area contributed by atoms with Crippen molar-refractivity contribution >= 4 is 82.5 Å². The number of halogens is 2. The van der Waals surface area contributed by atoms with E-state index in [-0.39, 0.29) is 36.7 Å². The third-order valence-corrected chi connectivity index (χ3v) is 4.72. The summed E-state index contributed by atoms with van der Waals surface area (Å²) in [6, 6.07) is 8.80. The molecule has 0 aromatic heterocycles. The van der Waals surface area contributed by atoms with E-state index in [4.69, 9.17) is 23.2 Å². The maximum atomic E-state index is 12.5. The molecule has 1 aliphatic rings. The average Bonchev–Trinajstić information content (AvgIpc) is 2.61. The van der Waals surface area contributed by atoms with Crippen LogP contribution in [0.4, 0.5) is 17.1 Å². The van der Waals surface area contributed by atoms with Crippen molar-refractivity contribution in [2.45, 2.75) is 19.4 Å². The molecule has 11 heteroatoms. The van der Waals surface area contributed by atoms with Gasteiger partial charge in [-0.05, 0) is 42.0 Å². The van der Waals surface area contributed by atoms with Crippen LogP contribution in [-0.4, -0.2) is 53.3 Å². The summed E-state index contributed by atoms with van der Waals surface area (Å²) in [5, 5.41) is 18.3.